The topological polar surface area (TPSA) is 18.5 Å². The molecule has 0 spiro atoms. The van der Waals surface area contributed by atoms with Crippen molar-refractivity contribution < 1.29 is 9.47 Å². The van der Waals surface area contributed by atoms with Crippen LogP contribution in [0.1, 0.15) is 25.3 Å². The van der Waals surface area contributed by atoms with Crippen LogP contribution in [0, 0.1) is 0 Å². The van der Waals surface area contributed by atoms with Crippen LogP contribution in [0.5, 0.6) is 0 Å². The number of aryl methyl sites for hydroxylation is 1. The lowest BCUT2D eigenvalue weighted by molar-refractivity contribution is -0.121. The van der Waals surface area contributed by atoms with Gasteiger partial charge in [0.1, 0.15) is 6.10 Å². The van der Waals surface area contributed by atoms with Gasteiger partial charge in [0.05, 0.1) is 11.5 Å². The van der Waals surface area contributed by atoms with Crippen LogP contribution in [0.4, 0.5) is 0 Å². The minimum Gasteiger partial charge on any atom is -0.375 e. The van der Waals surface area contributed by atoms with Gasteiger partial charge in [0.25, 0.3) is 0 Å². The molecule has 3 unspecified atom stereocenters. The number of alkyl halides is 1. The number of rotatable bonds is 7. The Labute approximate surface area is 114 Å². The molecular weight excluding hydrogens is 248 g/mol. The van der Waals surface area contributed by atoms with Gasteiger partial charge in [0, 0.05) is 13.2 Å². The minimum atomic E-state index is 0.0911. The molecule has 1 aliphatic carbocycles. The van der Waals surface area contributed by atoms with Crippen LogP contribution in [-0.4, -0.2) is 30.8 Å². The zero-order valence-corrected chi connectivity index (χ0v) is 11.6. The molecule has 100 valence electrons. The fourth-order valence-electron chi connectivity index (χ4n) is 2.25. The quantitative estimate of drug-likeness (QED) is 0.557. The fraction of sp³-hybridized carbons (Fsp3) is 0.600. The van der Waals surface area contributed by atoms with Gasteiger partial charge in [0.15, 0.2) is 0 Å². The maximum Gasteiger partial charge on any atom is 0.100 e. The molecule has 0 radical (unpaired) electrons. The highest BCUT2D eigenvalue weighted by molar-refractivity contribution is 6.21. The van der Waals surface area contributed by atoms with Crippen molar-refractivity contribution in [3.8, 4) is 0 Å². The van der Waals surface area contributed by atoms with Crippen molar-refractivity contribution in [1.82, 2.24) is 0 Å². The molecule has 2 rings (SSSR count). The van der Waals surface area contributed by atoms with E-state index >= 15 is 0 Å². The minimum absolute atomic E-state index is 0.0911. The zero-order chi connectivity index (χ0) is 12.8. The summed E-state index contributed by atoms with van der Waals surface area (Å²) in [6.07, 6.45) is 3.32. The van der Waals surface area contributed by atoms with Crippen LogP contribution >= 0.6 is 11.6 Å². The van der Waals surface area contributed by atoms with Gasteiger partial charge in [-0.25, -0.2) is 0 Å². The van der Waals surface area contributed by atoms with E-state index in [0.717, 1.165) is 25.9 Å². The summed E-state index contributed by atoms with van der Waals surface area (Å²) in [5, 5.41) is 0.129. The van der Waals surface area contributed by atoms with E-state index in [1.807, 2.05) is 13.0 Å². The van der Waals surface area contributed by atoms with Crippen LogP contribution < -0.4 is 0 Å². The summed E-state index contributed by atoms with van der Waals surface area (Å²) in [6, 6.07) is 10.5. The SMILES string of the molecule is CCOC1C(Cl)CC1OCCCc1ccccc1. The van der Waals surface area contributed by atoms with E-state index in [9.17, 15) is 0 Å². The van der Waals surface area contributed by atoms with Gasteiger partial charge >= 0.3 is 0 Å². The molecule has 0 bridgehead atoms. The normalized spacial score (nSPS) is 26.9. The summed E-state index contributed by atoms with van der Waals surface area (Å²) in [5.41, 5.74) is 1.37. The van der Waals surface area contributed by atoms with Crippen molar-refractivity contribution in [2.24, 2.45) is 0 Å². The highest BCUT2D eigenvalue weighted by Crippen LogP contribution is 2.31. The Morgan fingerprint density at radius 3 is 2.67 bits per heavy atom. The predicted octanol–water partition coefficient (Wildman–Crippen LogP) is 3.42. The average Bonchev–Trinajstić information content (AvgIpc) is 2.41. The second-order valence-electron chi connectivity index (χ2n) is 4.67. The van der Waals surface area contributed by atoms with Crippen molar-refractivity contribution in [2.45, 2.75) is 43.8 Å². The first kappa shape index (κ1) is 13.9. The second-order valence-corrected chi connectivity index (χ2v) is 5.23. The maximum absolute atomic E-state index is 6.09. The summed E-state index contributed by atoms with van der Waals surface area (Å²) in [7, 11) is 0. The molecule has 3 heteroatoms. The molecule has 1 saturated carbocycles. The second kappa shape index (κ2) is 7.13. The lowest BCUT2D eigenvalue weighted by Gasteiger charge is -2.40. The Morgan fingerprint density at radius 1 is 1.22 bits per heavy atom. The third kappa shape index (κ3) is 3.71. The van der Waals surface area contributed by atoms with Crippen LogP contribution in [0.2, 0.25) is 0 Å². The standard InChI is InChI=1S/C15H21ClO2/c1-2-17-15-13(16)11-14(15)18-10-6-9-12-7-4-3-5-8-12/h3-5,7-8,13-15H,2,6,9-11H2,1H3. The maximum atomic E-state index is 6.09. The van der Waals surface area contributed by atoms with Crippen molar-refractivity contribution in [1.29, 1.82) is 0 Å². The number of ether oxygens (including phenoxy) is 2. The zero-order valence-electron chi connectivity index (χ0n) is 10.8. The molecule has 0 N–H and O–H groups in total. The molecule has 18 heavy (non-hydrogen) atoms. The summed E-state index contributed by atoms with van der Waals surface area (Å²) in [4.78, 5) is 0. The highest BCUT2D eigenvalue weighted by Gasteiger charge is 2.41. The number of halogens is 1. The average molecular weight is 269 g/mol. The largest absolute Gasteiger partial charge is 0.375 e. The smallest absolute Gasteiger partial charge is 0.100 e. The van der Waals surface area contributed by atoms with Crippen LogP contribution in [-0.2, 0) is 15.9 Å². The van der Waals surface area contributed by atoms with Gasteiger partial charge in [-0.15, -0.1) is 11.6 Å². The van der Waals surface area contributed by atoms with Gasteiger partial charge < -0.3 is 9.47 Å². The molecule has 1 fully saturated rings. The number of hydrogen-bond donors (Lipinski definition) is 0. The number of benzene rings is 1. The van der Waals surface area contributed by atoms with E-state index in [-0.39, 0.29) is 17.6 Å². The molecule has 1 aromatic rings. The summed E-state index contributed by atoms with van der Waals surface area (Å²) >= 11 is 6.09. The van der Waals surface area contributed by atoms with E-state index in [2.05, 4.69) is 24.3 Å². The Morgan fingerprint density at radius 2 is 2.00 bits per heavy atom. The lowest BCUT2D eigenvalue weighted by atomic mass is 9.91. The summed E-state index contributed by atoms with van der Waals surface area (Å²) in [6.45, 7) is 3.49. The first-order valence-electron chi connectivity index (χ1n) is 6.72. The van der Waals surface area contributed by atoms with Gasteiger partial charge in [-0.05, 0) is 31.7 Å². The highest BCUT2D eigenvalue weighted by atomic mass is 35.5. The molecule has 1 aromatic carbocycles. The van der Waals surface area contributed by atoms with Gasteiger partial charge in [-0.1, -0.05) is 30.3 Å². The van der Waals surface area contributed by atoms with Crippen molar-refractivity contribution in [2.75, 3.05) is 13.2 Å². The molecular formula is C15H21ClO2. The lowest BCUT2D eigenvalue weighted by Crippen LogP contribution is -2.51. The van der Waals surface area contributed by atoms with E-state index in [0.29, 0.717) is 6.61 Å². The van der Waals surface area contributed by atoms with Crippen molar-refractivity contribution in [3.05, 3.63) is 35.9 Å². The van der Waals surface area contributed by atoms with E-state index < -0.39 is 0 Å². The predicted molar refractivity (Wildman–Crippen MR) is 74.2 cm³/mol. The molecule has 0 aliphatic heterocycles. The van der Waals surface area contributed by atoms with E-state index in [1.165, 1.54) is 5.56 Å². The first-order chi connectivity index (χ1) is 8.81. The Bertz CT molecular complexity index is 342. The molecule has 0 saturated heterocycles. The van der Waals surface area contributed by atoms with Crippen molar-refractivity contribution >= 4 is 11.6 Å². The molecule has 0 heterocycles. The Hall–Kier alpha value is -0.570. The third-order valence-corrected chi connectivity index (χ3v) is 3.75. The number of hydrogen-bond acceptors (Lipinski definition) is 2. The van der Waals surface area contributed by atoms with Crippen LogP contribution in [0.25, 0.3) is 0 Å². The van der Waals surface area contributed by atoms with Gasteiger partial charge in [-0.3, -0.25) is 0 Å². The molecule has 1 aliphatic rings. The van der Waals surface area contributed by atoms with Gasteiger partial charge in [-0.2, -0.15) is 0 Å². The van der Waals surface area contributed by atoms with Crippen LogP contribution in [0.3, 0.4) is 0 Å². The van der Waals surface area contributed by atoms with Crippen LogP contribution in [0.15, 0.2) is 30.3 Å². The third-order valence-electron chi connectivity index (χ3n) is 3.32. The Balaban J connectivity index is 1.61. The van der Waals surface area contributed by atoms with E-state index in [4.69, 9.17) is 21.1 Å². The monoisotopic (exact) mass is 268 g/mol. The molecule has 0 aromatic heterocycles. The van der Waals surface area contributed by atoms with E-state index in [1.54, 1.807) is 0 Å². The summed E-state index contributed by atoms with van der Waals surface area (Å²) in [5.74, 6) is 0. The van der Waals surface area contributed by atoms with Gasteiger partial charge in [0.2, 0.25) is 0 Å². The Kier molecular flexibility index (Phi) is 5.48. The molecule has 3 atom stereocenters. The molecule has 2 nitrogen and oxygen atoms in total. The fourth-order valence-corrected chi connectivity index (χ4v) is 2.66. The first-order valence-corrected chi connectivity index (χ1v) is 7.16. The molecule has 0 amide bonds. The summed E-state index contributed by atoms with van der Waals surface area (Å²) < 4.78 is 11.4. The van der Waals surface area contributed by atoms with Crippen molar-refractivity contribution in [3.63, 3.8) is 0 Å².